The molecule has 4 rings (SSSR count). The Kier molecular flexibility index (Phi) is 5.02. The van der Waals surface area contributed by atoms with E-state index in [1.54, 1.807) is 25.2 Å². The van der Waals surface area contributed by atoms with Crippen molar-refractivity contribution in [1.82, 2.24) is 4.31 Å². The van der Waals surface area contributed by atoms with Gasteiger partial charge in [0.2, 0.25) is 15.9 Å². The Labute approximate surface area is 167 Å². The van der Waals surface area contributed by atoms with Gasteiger partial charge < -0.3 is 4.90 Å². The summed E-state index contributed by atoms with van der Waals surface area (Å²) in [5, 5.41) is 0. The highest BCUT2D eigenvalue weighted by Crippen LogP contribution is 2.38. The summed E-state index contributed by atoms with van der Waals surface area (Å²) in [6.45, 7) is 2.36. The van der Waals surface area contributed by atoms with Crippen molar-refractivity contribution < 1.29 is 13.2 Å². The molecule has 0 aromatic heterocycles. The zero-order valence-electron chi connectivity index (χ0n) is 16.3. The number of hydrogen-bond acceptors (Lipinski definition) is 3. The Morgan fingerprint density at radius 2 is 1.86 bits per heavy atom. The number of carbonyl (C=O) groups is 1. The number of hydrogen-bond donors (Lipinski definition) is 0. The smallest absolute Gasteiger partial charge is 0.243 e. The van der Waals surface area contributed by atoms with Gasteiger partial charge in [0.05, 0.1) is 4.90 Å². The maximum atomic E-state index is 13.0. The summed E-state index contributed by atoms with van der Waals surface area (Å²) in [5.74, 6) is 0.322. The molecule has 0 saturated heterocycles. The first-order chi connectivity index (χ1) is 13.4. The third kappa shape index (κ3) is 3.35. The molecule has 1 aliphatic heterocycles. The second-order valence-electron chi connectivity index (χ2n) is 7.93. The standard InChI is InChI=1S/C22H26N2O3S/c1-16-13-19-14-20(11-12-21(19)24(16)22(25)18-9-6-10-18)28(26,27)23(2)15-17-7-4-3-5-8-17/h3-5,7-8,11-12,14,16,18H,6,9-10,13,15H2,1-2H3/t16-/m0/s1. The molecule has 0 unspecified atom stereocenters. The van der Waals surface area contributed by atoms with Gasteiger partial charge in [-0.3, -0.25) is 4.79 Å². The normalized spacial score (nSPS) is 19.5. The largest absolute Gasteiger partial charge is 0.309 e. The molecular weight excluding hydrogens is 372 g/mol. The molecule has 0 N–H and O–H groups in total. The Morgan fingerprint density at radius 3 is 2.50 bits per heavy atom. The molecule has 28 heavy (non-hydrogen) atoms. The first-order valence-electron chi connectivity index (χ1n) is 9.84. The Hall–Kier alpha value is -2.18. The van der Waals surface area contributed by atoms with E-state index in [0.717, 1.165) is 36.1 Å². The van der Waals surface area contributed by atoms with Crippen molar-refractivity contribution in [3.8, 4) is 0 Å². The van der Waals surface area contributed by atoms with Crippen molar-refractivity contribution in [2.24, 2.45) is 5.92 Å². The highest BCUT2D eigenvalue weighted by Gasteiger charge is 2.37. The Morgan fingerprint density at radius 1 is 1.14 bits per heavy atom. The van der Waals surface area contributed by atoms with Crippen LogP contribution < -0.4 is 4.90 Å². The highest BCUT2D eigenvalue weighted by molar-refractivity contribution is 7.89. The van der Waals surface area contributed by atoms with Crippen LogP contribution in [-0.4, -0.2) is 31.7 Å². The number of sulfonamides is 1. The predicted molar refractivity (Wildman–Crippen MR) is 110 cm³/mol. The summed E-state index contributed by atoms with van der Waals surface area (Å²) in [6, 6.07) is 14.8. The van der Waals surface area contributed by atoms with Crippen LogP contribution in [0.3, 0.4) is 0 Å². The molecule has 2 aromatic carbocycles. The quantitative estimate of drug-likeness (QED) is 0.773. The van der Waals surface area contributed by atoms with Gasteiger partial charge >= 0.3 is 0 Å². The monoisotopic (exact) mass is 398 g/mol. The van der Waals surface area contributed by atoms with Crippen LogP contribution in [0.5, 0.6) is 0 Å². The van der Waals surface area contributed by atoms with Crippen molar-refractivity contribution in [2.75, 3.05) is 11.9 Å². The van der Waals surface area contributed by atoms with Crippen molar-refractivity contribution in [1.29, 1.82) is 0 Å². The maximum absolute atomic E-state index is 13.0. The number of rotatable bonds is 5. The van der Waals surface area contributed by atoms with Crippen LogP contribution in [0.2, 0.25) is 0 Å². The summed E-state index contributed by atoms with van der Waals surface area (Å²) >= 11 is 0. The van der Waals surface area contributed by atoms with E-state index in [9.17, 15) is 13.2 Å². The molecule has 1 aliphatic carbocycles. The first-order valence-corrected chi connectivity index (χ1v) is 11.3. The molecule has 0 bridgehead atoms. The van der Waals surface area contributed by atoms with E-state index in [0.29, 0.717) is 13.0 Å². The lowest BCUT2D eigenvalue weighted by Gasteiger charge is -2.32. The molecule has 2 aliphatic rings. The summed E-state index contributed by atoms with van der Waals surface area (Å²) in [4.78, 5) is 15.0. The van der Waals surface area contributed by atoms with Crippen molar-refractivity contribution in [3.63, 3.8) is 0 Å². The van der Waals surface area contributed by atoms with Crippen molar-refractivity contribution >= 4 is 21.6 Å². The predicted octanol–water partition coefficient (Wildman–Crippen LogP) is 3.59. The molecule has 1 fully saturated rings. The Balaban J connectivity index is 1.58. The molecule has 2 aromatic rings. The van der Waals surface area contributed by atoms with Gasteiger partial charge in [0.25, 0.3) is 0 Å². The third-order valence-corrected chi connectivity index (χ3v) is 7.71. The second kappa shape index (κ2) is 7.33. The van der Waals surface area contributed by atoms with Gasteiger partial charge in [0.1, 0.15) is 0 Å². The lowest BCUT2D eigenvalue weighted by atomic mass is 9.84. The number of fused-ring (bicyclic) bond motifs is 1. The maximum Gasteiger partial charge on any atom is 0.243 e. The zero-order chi connectivity index (χ0) is 19.9. The van der Waals surface area contributed by atoms with Gasteiger partial charge in [0.15, 0.2) is 0 Å². The summed E-state index contributed by atoms with van der Waals surface area (Å²) < 4.78 is 27.5. The van der Waals surface area contributed by atoms with Crippen LogP contribution in [0.15, 0.2) is 53.4 Å². The van der Waals surface area contributed by atoms with Crippen molar-refractivity contribution in [3.05, 3.63) is 59.7 Å². The van der Waals surface area contributed by atoms with Crippen LogP contribution in [0.25, 0.3) is 0 Å². The molecule has 6 heteroatoms. The van der Waals surface area contributed by atoms with Gasteiger partial charge in [-0.25, -0.2) is 8.42 Å². The van der Waals surface area contributed by atoms with Gasteiger partial charge in [-0.2, -0.15) is 4.31 Å². The summed E-state index contributed by atoms with van der Waals surface area (Å²) in [7, 11) is -1.99. The number of nitrogens with zero attached hydrogens (tertiary/aromatic N) is 2. The van der Waals surface area contributed by atoms with Crippen LogP contribution >= 0.6 is 0 Å². The minimum atomic E-state index is -3.59. The van der Waals surface area contributed by atoms with Gasteiger partial charge in [-0.05, 0) is 55.5 Å². The van der Waals surface area contributed by atoms with E-state index in [1.807, 2.05) is 42.2 Å². The molecule has 5 nitrogen and oxygen atoms in total. The lowest BCUT2D eigenvalue weighted by molar-refractivity contribution is -0.125. The molecule has 0 radical (unpaired) electrons. The van der Waals surface area contributed by atoms with Crippen molar-refractivity contribution in [2.45, 2.75) is 50.1 Å². The van der Waals surface area contributed by atoms with Gasteiger partial charge in [-0.1, -0.05) is 36.8 Å². The molecular formula is C22H26N2O3S. The van der Waals surface area contributed by atoms with Crippen LogP contribution in [0.4, 0.5) is 5.69 Å². The SMILES string of the molecule is C[C@H]1Cc2cc(S(=O)(=O)N(C)Cc3ccccc3)ccc2N1C(=O)C1CCC1. The second-order valence-corrected chi connectivity index (χ2v) is 9.97. The fraction of sp³-hybridized carbons (Fsp3) is 0.409. The molecule has 1 saturated carbocycles. The summed E-state index contributed by atoms with van der Waals surface area (Å²) in [5.41, 5.74) is 2.75. The van der Waals surface area contributed by atoms with Gasteiger partial charge in [-0.15, -0.1) is 0 Å². The Bertz CT molecular complexity index is 984. The van der Waals surface area contributed by atoms with E-state index in [1.165, 1.54) is 4.31 Å². The van der Waals surface area contributed by atoms with E-state index in [-0.39, 0.29) is 22.8 Å². The van der Waals surface area contributed by atoms with E-state index < -0.39 is 10.0 Å². The number of amides is 1. The van der Waals surface area contributed by atoms with Crippen LogP contribution in [0, 0.1) is 5.92 Å². The molecule has 1 atom stereocenters. The van der Waals surface area contributed by atoms with E-state index in [2.05, 4.69) is 0 Å². The average Bonchev–Trinajstić information content (AvgIpc) is 2.95. The zero-order valence-corrected chi connectivity index (χ0v) is 17.2. The van der Waals surface area contributed by atoms with Gasteiger partial charge in [0, 0.05) is 31.2 Å². The average molecular weight is 399 g/mol. The molecule has 148 valence electrons. The summed E-state index contributed by atoms with van der Waals surface area (Å²) in [6.07, 6.45) is 3.75. The number of anilines is 1. The molecule has 1 heterocycles. The first kappa shape index (κ1) is 19.2. The fourth-order valence-electron chi connectivity index (χ4n) is 4.06. The topological polar surface area (TPSA) is 57.7 Å². The van der Waals surface area contributed by atoms with Crippen LogP contribution in [-0.2, 0) is 27.8 Å². The number of carbonyl (C=O) groups excluding carboxylic acids is 1. The van der Waals surface area contributed by atoms with Crippen LogP contribution in [0.1, 0.15) is 37.3 Å². The minimum absolute atomic E-state index is 0.0723. The minimum Gasteiger partial charge on any atom is -0.309 e. The van der Waals surface area contributed by atoms with E-state index in [4.69, 9.17) is 0 Å². The molecule has 0 spiro atoms. The highest BCUT2D eigenvalue weighted by atomic mass is 32.2. The fourth-order valence-corrected chi connectivity index (χ4v) is 5.27. The molecule has 1 amide bonds. The number of benzene rings is 2. The lowest BCUT2D eigenvalue weighted by Crippen LogP contribution is -2.42. The third-order valence-electron chi connectivity index (χ3n) is 5.91. The van der Waals surface area contributed by atoms with E-state index >= 15 is 0 Å².